The van der Waals surface area contributed by atoms with Gasteiger partial charge in [-0.2, -0.15) is 15.2 Å². The maximum atomic E-state index is 11.2. The Morgan fingerprint density at radius 1 is 0.787 bits per heavy atom. The van der Waals surface area contributed by atoms with E-state index in [9.17, 15) is 9.59 Å². The minimum Gasteiger partial charge on any atom is -0.467 e. The van der Waals surface area contributed by atoms with Crippen LogP contribution in [0, 0.1) is 0 Å². The van der Waals surface area contributed by atoms with Crippen molar-refractivity contribution in [1.82, 2.24) is 29.5 Å². The number of aryl methyl sites for hydroxylation is 2. The normalized spacial score (nSPS) is 11.1. The number of nitrogens with zero attached hydrogens (tertiary/aromatic N) is 7. The second kappa shape index (κ2) is 20.6. The number of hydrogen-bond acceptors (Lipinski definition) is 10. The zero-order valence-electron chi connectivity index (χ0n) is 27.3. The van der Waals surface area contributed by atoms with Crippen LogP contribution >= 0.6 is 0 Å². The molecule has 1 amide bonds. The maximum Gasteiger partial charge on any atom is 0.286 e. The molecule has 0 fully saturated rings. The van der Waals surface area contributed by atoms with Crippen molar-refractivity contribution in [3.63, 3.8) is 0 Å². The van der Waals surface area contributed by atoms with Crippen molar-refractivity contribution in [2.75, 3.05) is 19.8 Å². The number of ether oxygens (including phenoxy) is 1. The molecule has 1 aliphatic rings. The van der Waals surface area contributed by atoms with E-state index in [-0.39, 0.29) is 31.5 Å². The van der Waals surface area contributed by atoms with Gasteiger partial charge in [-0.25, -0.2) is 14.6 Å². The molecular formula is C34H42N8O5. The lowest BCUT2D eigenvalue weighted by Gasteiger charge is -1.97. The molecule has 13 nitrogen and oxygen atoms in total. The molecule has 0 bridgehead atoms. The summed E-state index contributed by atoms with van der Waals surface area (Å²) in [5, 5.41) is 24.9. The number of aromatic nitrogens is 6. The third-order valence-electron chi connectivity index (χ3n) is 5.72. The summed E-state index contributed by atoms with van der Waals surface area (Å²) in [4.78, 5) is 34.0. The van der Waals surface area contributed by atoms with Gasteiger partial charge in [0.25, 0.3) is 5.91 Å². The first-order valence-corrected chi connectivity index (χ1v) is 14.8. The van der Waals surface area contributed by atoms with E-state index >= 15 is 0 Å². The second-order valence-electron chi connectivity index (χ2n) is 9.49. The summed E-state index contributed by atoms with van der Waals surface area (Å²) in [6.45, 7) is 6.05. The Morgan fingerprint density at radius 2 is 1.21 bits per heavy atom. The van der Waals surface area contributed by atoms with Crippen molar-refractivity contribution in [2.45, 2.75) is 27.4 Å². The molecule has 0 saturated carbocycles. The van der Waals surface area contributed by atoms with Crippen LogP contribution in [0.4, 0.5) is 0 Å². The van der Waals surface area contributed by atoms with Gasteiger partial charge in [0.1, 0.15) is 6.61 Å². The van der Waals surface area contributed by atoms with E-state index < -0.39 is 0 Å². The fourth-order valence-corrected chi connectivity index (χ4v) is 3.70. The smallest absolute Gasteiger partial charge is 0.286 e. The highest BCUT2D eigenvalue weighted by molar-refractivity contribution is 6.05. The van der Waals surface area contributed by atoms with E-state index in [1.54, 1.807) is 25.7 Å². The van der Waals surface area contributed by atoms with Crippen LogP contribution in [0.5, 0.6) is 0 Å². The Morgan fingerprint density at radius 3 is 1.57 bits per heavy atom. The summed E-state index contributed by atoms with van der Waals surface area (Å²) in [6.07, 6.45) is 0. The Hall–Kier alpha value is -5.37. The number of carbonyl (C=O) groups is 2. The topological polar surface area (TPSA) is 184 Å². The monoisotopic (exact) mass is 642 g/mol. The molecule has 248 valence electrons. The van der Waals surface area contributed by atoms with Crippen LogP contribution in [0.15, 0.2) is 96.0 Å². The highest BCUT2D eigenvalue weighted by Gasteiger charge is 2.16. The van der Waals surface area contributed by atoms with Crippen LogP contribution in [0.25, 0.3) is 22.8 Å². The first-order chi connectivity index (χ1) is 22.7. The van der Waals surface area contributed by atoms with E-state index in [4.69, 9.17) is 20.7 Å². The number of aliphatic hydroxyl groups excluding tert-OH is 2. The van der Waals surface area contributed by atoms with E-state index in [1.165, 1.54) is 11.6 Å². The van der Waals surface area contributed by atoms with Gasteiger partial charge in [0, 0.05) is 44.3 Å². The van der Waals surface area contributed by atoms with Crippen molar-refractivity contribution in [1.29, 1.82) is 0 Å². The van der Waals surface area contributed by atoms with Crippen molar-refractivity contribution in [3.05, 3.63) is 108 Å². The molecule has 0 saturated heterocycles. The van der Waals surface area contributed by atoms with Crippen LogP contribution in [-0.2, 0) is 30.2 Å². The summed E-state index contributed by atoms with van der Waals surface area (Å²) in [7, 11) is 3.49. The Balaban J connectivity index is 0.000000227. The molecule has 13 heteroatoms. The molecular weight excluding hydrogens is 600 g/mol. The third kappa shape index (κ3) is 12.5. The van der Waals surface area contributed by atoms with E-state index in [2.05, 4.69) is 25.2 Å². The van der Waals surface area contributed by atoms with Crippen LogP contribution in [0.1, 0.15) is 42.8 Å². The summed E-state index contributed by atoms with van der Waals surface area (Å²) < 4.78 is 8.14. The number of nitrogens with two attached hydrogens (primary N) is 1. The van der Waals surface area contributed by atoms with E-state index in [0.29, 0.717) is 29.2 Å². The molecule has 2 aromatic heterocycles. The third-order valence-corrected chi connectivity index (χ3v) is 5.72. The average Bonchev–Trinajstić information content (AvgIpc) is 3.81. The number of hydrogen-bond donors (Lipinski definition) is 3. The van der Waals surface area contributed by atoms with Crippen molar-refractivity contribution in [2.24, 2.45) is 24.8 Å². The molecule has 4 N–H and O–H groups in total. The van der Waals surface area contributed by atoms with Gasteiger partial charge in [-0.1, -0.05) is 85.8 Å². The SMILES string of the molecule is CC(=O)c1nc(-c2ccccc2)nn1C.CCN.CCO.Cn1nc(-c2ccccc2)nc1CO.O=C1COC(c2ccccc2)=N1. The van der Waals surface area contributed by atoms with Gasteiger partial charge in [-0.05, 0) is 25.6 Å². The minimum absolute atomic E-state index is 0.0736. The lowest BCUT2D eigenvalue weighted by molar-refractivity contribution is -0.118. The Kier molecular flexibility index (Phi) is 16.6. The molecule has 3 aromatic carbocycles. The Labute approximate surface area is 274 Å². The summed E-state index contributed by atoms with van der Waals surface area (Å²) in [5.74, 6) is 2.33. The van der Waals surface area contributed by atoms with Crippen LogP contribution in [0.3, 0.4) is 0 Å². The predicted molar refractivity (Wildman–Crippen MR) is 180 cm³/mol. The fraction of sp³-hybridized carbons (Fsp3) is 0.265. The number of ketones is 1. The predicted octanol–water partition coefficient (Wildman–Crippen LogP) is 3.61. The van der Waals surface area contributed by atoms with Gasteiger partial charge in [-0.15, -0.1) is 0 Å². The largest absolute Gasteiger partial charge is 0.467 e. The summed E-state index contributed by atoms with van der Waals surface area (Å²) in [6, 6.07) is 28.7. The molecule has 1 aliphatic heterocycles. The number of carbonyl (C=O) groups excluding carboxylic acids is 2. The molecule has 47 heavy (non-hydrogen) atoms. The zero-order valence-corrected chi connectivity index (χ0v) is 27.3. The minimum atomic E-state index is -0.214. The van der Waals surface area contributed by atoms with Crippen molar-refractivity contribution in [3.8, 4) is 22.8 Å². The highest BCUT2D eigenvalue weighted by atomic mass is 16.5. The Bertz CT molecular complexity index is 1670. The first kappa shape index (κ1) is 37.8. The lowest BCUT2D eigenvalue weighted by Crippen LogP contribution is -2.03. The van der Waals surface area contributed by atoms with Gasteiger partial charge >= 0.3 is 0 Å². The summed E-state index contributed by atoms with van der Waals surface area (Å²) >= 11 is 0. The maximum absolute atomic E-state index is 11.2. The first-order valence-electron chi connectivity index (χ1n) is 14.8. The van der Waals surface area contributed by atoms with Gasteiger partial charge in [0.05, 0.1) is 0 Å². The van der Waals surface area contributed by atoms with E-state index in [0.717, 1.165) is 23.2 Å². The highest BCUT2D eigenvalue weighted by Crippen LogP contribution is 2.15. The molecule has 5 aromatic rings. The van der Waals surface area contributed by atoms with Crippen LogP contribution < -0.4 is 5.73 Å². The van der Waals surface area contributed by atoms with Gasteiger partial charge in [0.2, 0.25) is 5.90 Å². The molecule has 0 spiro atoms. The lowest BCUT2D eigenvalue weighted by atomic mass is 10.2. The number of benzene rings is 3. The molecule has 0 unspecified atom stereocenters. The number of Topliss-reactive ketones (excluding diaryl/α,β-unsaturated/α-hetero) is 1. The van der Waals surface area contributed by atoms with E-state index in [1.807, 2.05) is 97.9 Å². The fourth-order valence-electron chi connectivity index (χ4n) is 3.70. The van der Waals surface area contributed by atoms with Crippen LogP contribution in [-0.4, -0.2) is 77.1 Å². The molecule has 0 aliphatic carbocycles. The summed E-state index contributed by atoms with van der Waals surface area (Å²) in [5.41, 5.74) is 7.58. The number of rotatable bonds is 5. The zero-order chi connectivity index (χ0) is 34.6. The second-order valence-corrected chi connectivity index (χ2v) is 9.49. The quantitative estimate of drug-likeness (QED) is 0.239. The number of aliphatic imine (C=N–C) groups is 1. The molecule has 6 rings (SSSR count). The van der Waals surface area contributed by atoms with Crippen molar-refractivity contribution < 1.29 is 24.5 Å². The average molecular weight is 643 g/mol. The van der Waals surface area contributed by atoms with Crippen LogP contribution in [0.2, 0.25) is 0 Å². The van der Waals surface area contributed by atoms with Crippen molar-refractivity contribution >= 4 is 17.6 Å². The van der Waals surface area contributed by atoms with Gasteiger partial charge in [-0.3, -0.25) is 14.3 Å². The molecule has 0 atom stereocenters. The standard InChI is InChI=1S/C11H11N3O.C10H11N3O.C9H7NO2.C2H7N.C2H6O/c1-8(15)11-12-10(13-14(11)2)9-6-4-3-5-7-9;1-13-9(7-14)11-10(12-13)8-5-3-2-4-6-8;11-8-6-12-9(10-8)7-4-2-1-3-5-7;2*1-2-3/h3-7H,1-2H3;2-6,14H,7H2,1H3;1-5H,6H2;2-3H2,1H3;3H,2H2,1H3. The van der Waals surface area contributed by atoms with Gasteiger partial charge < -0.3 is 20.7 Å². The molecule has 3 heterocycles. The molecule has 0 radical (unpaired) electrons. The van der Waals surface area contributed by atoms with Gasteiger partial charge in [0.15, 0.2) is 35.7 Å². The number of amides is 1. The number of aliphatic hydroxyl groups is 2.